The molecule has 2 rings (SSSR count). The van der Waals surface area contributed by atoms with Gasteiger partial charge in [0.15, 0.2) is 0 Å². The SMILES string of the molecule is CC(=O)Nc1cccc(NC(=O)C(C)(C)C(=O)Nc2ccc(F)cc2F)c1. The number of hydrogen-bond acceptors (Lipinski definition) is 3. The molecule has 2 aromatic rings. The first-order valence-corrected chi connectivity index (χ1v) is 8.05. The van der Waals surface area contributed by atoms with Crippen LogP contribution in [0.1, 0.15) is 20.8 Å². The molecule has 3 N–H and O–H groups in total. The molecule has 0 unspecified atom stereocenters. The zero-order chi connectivity index (χ0) is 20.2. The van der Waals surface area contributed by atoms with Gasteiger partial charge in [-0.2, -0.15) is 0 Å². The van der Waals surface area contributed by atoms with E-state index in [2.05, 4.69) is 16.0 Å². The lowest BCUT2D eigenvalue weighted by Gasteiger charge is -2.23. The molecule has 0 radical (unpaired) electrons. The molecule has 0 saturated heterocycles. The van der Waals surface area contributed by atoms with E-state index >= 15 is 0 Å². The monoisotopic (exact) mass is 375 g/mol. The number of carbonyl (C=O) groups excluding carboxylic acids is 3. The summed E-state index contributed by atoms with van der Waals surface area (Å²) in [5, 5.41) is 7.45. The smallest absolute Gasteiger partial charge is 0.239 e. The van der Waals surface area contributed by atoms with Gasteiger partial charge < -0.3 is 16.0 Å². The van der Waals surface area contributed by atoms with Gasteiger partial charge in [-0.1, -0.05) is 6.07 Å². The van der Waals surface area contributed by atoms with Crippen molar-refractivity contribution in [1.29, 1.82) is 0 Å². The van der Waals surface area contributed by atoms with E-state index in [-0.39, 0.29) is 11.6 Å². The Bertz CT molecular complexity index is 898. The lowest BCUT2D eigenvalue weighted by atomic mass is 9.90. The zero-order valence-electron chi connectivity index (χ0n) is 15.0. The van der Waals surface area contributed by atoms with Crippen molar-refractivity contribution >= 4 is 34.8 Å². The van der Waals surface area contributed by atoms with Gasteiger partial charge in [-0.15, -0.1) is 0 Å². The first kappa shape index (κ1) is 20.0. The van der Waals surface area contributed by atoms with Crippen molar-refractivity contribution in [3.05, 3.63) is 54.1 Å². The summed E-state index contributed by atoms with van der Waals surface area (Å²) in [6, 6.07) is 9.11. The molecule has 0 aliphatic rings. The molecular formula is C19H19F2N3O3. The molecule has 8 heteroatoms. The van der Waals surface area contributed by atoms with Crippen molar-refractivity contribution in [1.82, 2.24) is 0 Å². The molecule has 27 heavy (non-hydrogen) atoms. The topological polar surface area (TPSA) is 87.3 Å². The van der Waals surface area contributed by atoms with Gasteiger partial charge in [0.25, 0.3) is 0 Å². The summed E-state index contributed by atoms with van der Waals surface area (Å²) in [5.41, 5.74) is -0.920. The molecule has 0 aliphatic heterocycles. The number of halogens is 2. The number of hydrogen-bond donors (Lipinski definition) is 3. The summed E-state index contributed by atoms with van der Waals surface area (Å²) < 4.78 is 26.7. The Morgan fingerprint density at radius 2 is 1.44 bits per heavy atom. The first-order chi connectivity index (χ1) is 12.6. The molecule has 0 aromatic heterocycles. The number of amides is 3. The van der Waals surface area contributed by atoms with Crippen molar-refractivity contribution in [2.24, 2.45) is 5.41 Å². The van der Waals surface area contributed by atoms with E-state index in [0.717, 1.165) is 12.1 Å². The molecule has 0 heterocycles. The average Bonchev–Trinajstić information content (AvgIpc) is 2.56. The summed E-state index contributed by atoms with van der Waals surface area (Å²) in [7, 11) is 0. The number of carbonyl (C=O) groups is 3. The number of rotatable bonds is 5. The van der Waals surface area contributed by atoms with E-state index in [4.69, 9.17) is 0 Å². The quantitative estimate of drug-likeness (QED) is 0.699. The second-order valence-corrected chi connectivity index (χ2v) is 6.42. The highest BCUT2D eigenvalue weighted by molar-refractivity contribution is 6.14. The highest BCUT2D eigenvalue weighted by atomic mass is 19.1. The van der Waals surface area contributed by atoms with E-state index < -0.39 is 28.9 Å². The Balaban J connectivity index is 2.11. The van der Waals surface area contributed by atoms with Crippen LogP contribution in [0.15, 0.2) is 42.5 Å². The molecule has 0 atom stereocenters. The van der Waals surface area contributed by atoms with Crippen LogP contribution < -0.4 is 16.0 Å². The fraction of sp³-hybridized carbons (Fsp3) is 0.211. The molecule has 0 aliphatic carbocycles. The Labute approximate surface area is 155 Å². The van der Waals surface area contributed by atoms with Crippen LogP contribution >= 0.6 is 0 Å². The van der Waals surface area contributed by atoms with Gasteiger partial charge in [-0.25, -0.2) is 8.78 Å². The van der Waals surface area contributed by atoms with Crippen LogP contribution in [-0.4, -0.2) is 17.7 Å². The van der Waals surface area contributed by atoms with Crippen LogP contribution in [0.3, 0.4) is 0 Å². The minimum atomic E-state index is -1.55. The predicted octanol–water partition coefficient (Wildman–Crippen LogP) is 3.53. The largest absolute Gasteiger partial charge is 0.326 e. The highest BCUT2D eigenvalue weighted by Gasteiger charge is 2.36. The van der Waals surface area contributed by atoms with Crippen molar-refractivity contribution in [2.75, 3.05) is 16.0 Å². The van der Waals surface area contributed by atoms with Crippen LogP contribution in [-0.2, 0) is 14.4 Å². The first-order valence-electron chi connectivity index (χ1n) is 8.05. The number of nitrogens with one attached hydrogen (secondary N) is 3. The van der Waals surface area contributed by atoms with E-state index in [1.54, 1.807) is 18.2 Å². The second kappa shape index (κ2) is 7.94. The van der Waals surface area contributed by atoms with Gasteiger partial charge in [0.05, 0.1) is 5.69 Å². The average molecular weight is 375 g/mol. The normalized spacial score (nSPS) is 10.9. The fourth-order valence-corrected chi connectivity index (χ4v) is 2.14. The summed E-state index contributed by atoms with van der Waals surface area (Å²) in [4.78, 5) is 36.1. The Morgan fingerprint density at radius 1 is 0.852 bits per heavy atom. The Hall–Kier alpha value is -3.29. The molecule has 3 amide bonds. The predicted molar refractivity (Wildman–Crippen MR) is 98.1 cm³/mol. The number of benzene rings is 2. The molecule has 0 saturated carbocycles. The van der Waals surface area contributed by atoms with E-state index in [1.165, 1.54) is 26.8 Å². The standard InChI is InChI=1S/C19H19F2N3O3/c1-11(25)22-13-5-4-6-14(10-13)23-17(26)19(2,3)18(27)24-16-8-7-12(20)9-15(16)21/h4-10H,1-3H3,(H,22,25)(H,23,26)(H,24,27). The maximum atomic E-state index is 13.7. The van der Waals surface area contributed by atoms with Crippen molar-refractivity contribution in [3.63, 3.8) is 0 Å². The molecule has 0 spiro atoms. The molecule has 0 bridgehead atoms. The zero-order valence-corrected chi connectivity index (χ0v) is 15.0. The molecule has 0 fully saturated rings. The van der Waals surface area contributed by atoms with Gasteiger partial charge in [0.1, 0.15) is 17.0 Å². The van der Waals surface area contributed by atoms with Crippen molar-refractivity contribution in [2.45, 2.75) is 20.8 Å². The minimum absolute atomic E-state index is 0.227. The third-order valence-corrected chi connectivity index (χ3v) is 3.76. The van der Waals surface area contributed by atoms with Gasteiger partial charge in [-0.3, -0.25) is 14.4 Å². The number of anilines is 3. The Morgan fingerprint density at radius 3 is 2.04 bits per heavy atom. The summed E-state index contributed by atoms with van der Waals surface area (Å²) in [6.07, 6.45) is 0. The van der Waals surface area contributed by atoms with Crippen LogP contribution in [0.4, 0.5) is 25.8 Å². The van der Waals surface area contributed by atoms with Gasteiger partial charge in [0.2, 0.25) is 17.7 Å². The van der Waals surface area contributed by atoms with Gasteiger partial charge in [0, 0.05) is 24.4 Å². The van der Waals surface area contributed by atoms with E-state index in [1.807, 2.05) is 0 Å². The fourth-order valence-electron chi connectivity index (χ4n) is 2.14. The minimum Gasteiger partial charge on any atom is -0.326 e. The van der Waals surface area contributed by atoms with Crippen LogP contribution in [0.2, 0.25) is 0 Å². The summed E-state index contributed by atoms with van der Waals surface area (Å²) in [6.45, 7) is 4.10. The van der Waals surface area contributed by atoms with E-state index in [0.29, 0.717) is 17.4 Å². The summed E-state index contributed by atoms with van der Waals surface area (Å²) in [5.74, 6) is -3.38. The van der Waals surface area contributed by atoms with Gasteiger partial charge in [-0.05, 0) is 44.2 Å². The Kier molecular flexibility index (Phi) is 5.89. The molecule has 2 aromatic carbocycles. The molecule has 6 nitrogen and oxygen atoms in total. The lowest BCUT2D eigenvalue weighted by molar-refractivity contribution is -0.135. The summed E-state index contributed by atoms with van der Waals surface area (Å²) >= 11 is 0. The maximum absolute atomic E-state index is 13.7. The lowest BCUT2D eigenvalue weighted by Crippen LogP contribution is -2.41. The molecule has 142 valence electrons. The maximum Gasteiger partial charge on any atom is 0.239 e. The van der Waals surface area contributed by atoms with Crippen LogP contribution in [0.5, 0.6) is 0 Å². The van der Waals surface area contributed by atoms with Crippen molar-refractivity contribution in [3.8, 4) is 0 Å². The van der Waals surface area contributed by atoms with Gasteiger partial charge >= 0.3 is 0 Å². The second-order valence-electron chi connectivity index (χ2n) is 6.42. The van der Waals surface area contributed by atoms with Crippen LogP contribution in [0, 0.1) is 17.0 Å². The third kappa shape index (κ3) is 5.10. The highest BCUT2D eigenvalue weighted by Crippen LogP contribution is 2.24. The van der Waals surface area contributed by atoms with E-state index in [9.17, 15) is 23.2 Å². The van der Waals surface area contributed by atoms with Crippen molar-refractivity contribution < 1.29 is 23.2 Å². The molecular weight excluding hydrogens is 356 g/mol. The third-order valence-electron chi connectivity index (χ3n) is 3.76. The van der Waals surface area contributed by atoms with Crippen LogP contribution in [0.25, 0.3) is 0 Å².